The summed E-state index contributed by atoms with van der Waals surface area (Å²) < 4.78 is 11.3. The monoisotopic (exact) mass is 270 g/mol. The fraction of sp³-hybridized carbons (Fsp3) is 0.538. The Morgan fingerprint density at radius 1 is 1.56 bits per heavy atom. The molecule has 0 aliphatic carbocycles. The van der Waals surface area contributed by atoms with Gasteiger partial charge in [-0.25, -0.2) is 0 Å². The molecule has 1 fully saturated rings. The molecule has 2 N–H and O–H groups in total. The highest BCUT2D eigenvalue weighted by atomic mass is 35.5. The van der Waals surface area contributed by atoms with Gasteiger partial charge in [0, 0.05) is 19.2 Å². The van der Waals surface area contributed by atoms with Gasteiger partial charge >= 0.3 is 0 Å². The summed E-state index contributed by atoms with van der Waals surface area (Å²) in [6.07, 6.45) is 0.120. The number of halogens is 1. The lowest BCUT2D eigenvalue weighted by molar-refractivity contribution is -0.0464. The van der Waals surface area contributed by atoms with Gasteiger partial charge < -0.3 is 15.2 Å². The zero-order valence-electron chi connectivity index (χ0n) is 10.6. The van der Waals surface area contributed by atoms with Crippen LogP contribution in [-0.2, 0) is 4.74 Å². The third-order valence-electron chi connectivity index (χ3n) is 3.08. The molecule has 1 heterocycles. The molecule has 100 valence electrons. The fourth-order valence-corrected chi connectivity index (χ4v) is 2.13. The number of benzene rings is 1. The minimum absolute atomic E-state index is 0.120. The van der Waals surface area contributed by atoms with E-state index in [9.17, 15) is 0 Å². The summed E-state index contributed by atoms with van der Waals surface area (Å²) in [6.45, 7) is 6.43. The Kier molecular flexibility index (Phi) is 4.69. The third kappa shape index (κ3) is 3.51. The second-order valence-corrected chi connectivity index (χ2v) is 4.79. The Morgan fingerprint density at radius 3 is 3.11 bits per heavy atom. The minimum Gasteiger partial charge on any atom is -0.491 e. The maximum atomic E-state index is 5.94. The molecular weight excluding hydrogens is 252 g/mol. The van der Waals surface area contributed by atoms with Crippen molar-refractivity contribution in [3.8, 4) is 5.75 Å². The van der Waals surface area contributed by atoms with Crippen molar-refractivity contribution in [1.29, 1.82) is 0 Å². The smallest absolute Gasteiger partial charge is 0.121 e. The SMILES string of the molecule is CCN1CCOC(COc2ccc(N)c(Cl)c2)C1. The van der Waals surface area contributed by atoms with Gasteiger partial charge in [-0.1, -0.05) is 18.5 Å². The minimum atomic E-state index is 0.120. The van der Waals surface area contributed by atoms with E-state index in [4.69, 9.17) is 26.8 Å². The Hall–Kier alpha value is -0.970. The summed E-state index contributed by atoms with van der Waals surface area (Å²) in [6, 6.07) is 5.30. The fourth-order valence-electron chi connectivity index (χ4n) is 1.96. The molecular formula is C13H19ClN2O2. The average molecular weight is 271 g/mol. The Labute approximate surface area is 113 Å². The van der Waals surface area contributed by atoms with Gasteiger partial charge in [0.25, 0.3) is 0 Å². The molecule has 1 aliphatic heterocycles. The van der Waals surface area contributed by atoms with E-state index in [0.717, 1.165) is 32.0 Å². The maximum absolute atomic E-state index is 5.94. The van der Waals surface area contributed by atoms with Crippen molar-refractivity contribution in [2.45, 2.75) is 13.0 Å². The van der Waals surface area contributed by atoms with Crippen LogP contribution in [0.1, 0.15) is 6.92 Å². The van der Waals surface area contributed by atoms with Crippen LogP contribution in [0.25, 0.3) is 0 Å². The van der Waals surface area contributed by atoms with Crippen LogP contribution in [-0.4, -0.2) is 43.9 Å². The van der Waals surface area contributed by atoms with Crippen LogP contribution in [0.2, 0.25) is 5.02 Å². The molecule has 4 nitrogen and oxygen atoms in total. The van der Waals surface area contributed by atoms with Crippen LogP contribution in [0.15, 0.2) is 18.2 Å². The highest BCUT2D eigenvalue weighted by Crippen LogP contribution is 2.24. The number of ether oxygens (including phenoxy) is 2. The Bertz CT molecular complexity index is 401. The first-order valence-corrected chi connectivity index (χ1v) is 6.58. The van der Waals surface area contributed by atoms with Crippen molar-refractivity contribution in [2.75, 3.05) is 38.6 Å². The van der Waals surface area contributed by atoms with Gasteiger partial charge in [0.15, 0.2) is 0 Å². The molecule has 5 heteroatoms. The number of morpholine rings is 1. The molecule has 0 radical (unpaired) electrons. The first-order valence-electron chi connectivity index (χ1n) is 6.21. The van der Waals surface area contributed by atoms with Crippen LogP contribution < -0.4 is 10.5 Å². The lowest BCUT2D eigenvalue weighted by Crippen LogP contribution is -2.44. The van der Waals surface area contributed by atoms with E-state index in [1.807, 2.05) is 6.07 Å². The van der Waals surface area contributed by atoms with Crippen LogP contribution in [0.4, 0.5) is 5.69 Å². The van der Waals surface area contributed by atoms with Gasteiger partial charge in [-0.05, 0) is 18.7 Å². The highest BCUT2D eigenvalue weighted by Gasteiger charge is 2.19. The van der Waals surface area contributed by atoms with Crippen molar-refractivity contribution in [3.63, 3.8) is 0 Å². The van der Waals surface area contributed by atoms with Crippen LogP contribution in [0.5, 0.6) is 5.75 Å². The molecule has 1 atom stereocenters. The molecule has 18 heavy (non-hydrogen) atoms. The zero-order chi connectivity index (χ0) is 13.0. The summed E-state index contributed by atoms with van der Waals surface area (Å²) in [4.78, 5) is 2.35. The topological polar surface area (TPSA) is 47.7 Å². The quantitative estimate of drug-likeness (QED) is 0.851. The van der Waals surface area contributed by atoms with Crippen molar-refractivity contribution >= 4 is 17.3 Å². The van der Waals surface area contributed by atoms with E-state index in [0.29, 0.717) is 17.3 Å². The number of rotatable bonds is 4. The Morgan fingerprint density at radius 2 is 2.39 bits per heavy atom. The van der Waals surface area contributed by atoms with Crippen molar-refractivity contribution in [2.24, 2.45) is 0 Å². The van der Waals surface area contributed by atoms with E-state index in [1.54, 1.807) is 12.1 Å². The molecule has 0 spiro atoms. The molecule has 1 aromatic carbocycles. The van der Waals surface area contributed by atoms with E-state index in [1.165, 1.54) is 0 Å². The molecule has 0 aromatic heterocycles. The second kappa shape index (κ2) is 6.27. The van der Waals surface area contributed by atoms with Crippen molar-refractivity contribution < 1.29 is 9.47 Å². The average Bonchev–Trinajstić information content (AvgIpc) is 2.40. The zero-order valence-corrected chi connectivity index (χ0v) is 11.3. The summed E-state index contributed by atoms with van der Waals surface area (Å²) in [5.41, 5.74) is 6.21. The van der Waals surface area contributed by atoms with Gasteiger partial charge in [0.05, 0.1) is 17.3 Å². The first kappa shape index (κ1) is 13.5. The lowest BCUT2D eigenvalue weighted by atomic mass is 10.3. The second-order valence-electron chi connectivity index (χ2n) is 4.38. The number of anilines is 1. The van der Waals surface area contributed by atoms with Crippen molar-refractivity contribution in [3.05, 3.63) is 23.2 Å². The number of hydrogen-bond donors (Lipinski definition) is 1. The molecule has 1 unspecified atom stereocenters. The van der Waals surface area contributed by atoms with E-state index >= 15 is 0 Å². The van der Waals surface area contributed by atoms with E-state index in [-0.39, 0.29) is 6.10 Å². The van der Waals surface area contributed by atoms with E-state index in [2.05, 4.69) is 11.8 Å². The van der Waals surface area contributed by atoms with Gasteiger partial charge in [-0.2, -0.15) is 0 Å². The largest absolute Gasteiger partial charge is 0.491 e. The van der Waals surface area contributed by atoms with Gasteiger partial charge in [0.1, 0.15) is 18.5 Å². The van der Waals surface area contributed by atoms with Crippen LogP contribution in [0, 0.1) is 0 Å². The summed E-state index contributed by atoms with van der Waals surface area (Å²) in [5, 5.41) is 0.521. The maximum Gasteiger partial charge on any atom is 0.121 e. The number of likely N-dealkylation sites (N-methyl/N-ethyl adjacent to an activating group) is 1. The van der Waals surface area contributed by atoms with Gasteiger partial charge in [-0.3, -0.25) is 4.90 Å². The number of nitrogens with two attached hydrogens (primary N) is 1. The Balaban J connectivity index is 1.85. The molecule has 0 saturated carbocycles. The molecule has 1 saturated heterocycles. The molecule has 0 bridgehead atoms. The number of hydrogen-bond acceptors (Lipinski definition) is 4. The third-order valence-corrected chi connectivity index (χ3v) is 3.41. The number of nitrogen functional groups attached to an aromatic ring is 1. The molecule has 1 aromatic rings. The van der Waals surface area contributed by atoms with Gasteiger partial charge in [0.2, 0.25) is 0 Å². The molecule has 1 aliphatic rings. The standard InChI is InChI=1S/C13H19ClN2O2/c1-2-16-5-6-17-11(8-16)9-18-10-3-4-13(15)12(14)7-10/h3-4,7,11H,2,5-6,8-9,15H2,1H3. The molecule has 0 amide bonds. The predicted molar refractivity (Wildman–Crippen MR) is 73.2 cm³/mol. The summed E-state index contributed by atoms with van der Waals surface area (Å²) in [5.74, 6) is 0.728. The van der Waals surface area contributed by atoms with Crippen LogP contribution in [0.3, 0.4) is 0 Å². The first-order chi connectivity index (χ1) is 8.69. The number of nitrogens with zero attached hydrogens (tertiary/aromatic N) is 1. The van der Waals surface area contributed by atoms with Gasteiger partial charge in [-0.15, -0.1) is 0 Å². The summed E-state index contributed by atoms with van der Waals surface area (Å²) >= 11 is 5.94. The normalized spacial score (nSPS) is 20.9. The molecule has 2 rings (SSSR count). The predicted octanol–water partition coefficient (Wildman–Crippen LogP) is 2.02. The highest BCUT2D eigenvalue weighted by molar-refractivity contribution is 6.33. The van der Waals surface area contributed by atoms with Crippen LogP contribution >= 0.6 is 11.6 Å². The lowest BCUT2D eigenvalue weighted by Gasteiger charge is -2.31. The summed E-state index contributed by atoms with van der Waals surface area (Å²) in [7, 11) is 0. The van der Waals surface area contributed by atoms with E-state index < -0.39 is 0 Å². The van der Waals surface area contributed by atoms with Crippen molar-refractivity contribution in [1.82, 2.24) is 4.90 Å².